The third-order valence-corrected chi connectivity index (χ3v) is 15.9. The van der Waals surface area contributed by atoms with E-state index in [-0.39, 0.29) is 56.4 Å². The van der Waals surface area contributed by atoms with Gasteiger partial charge in [-0.2, -0.15) is 0 Å². The average molecular weight is 601 g/mol. The summed E-state index contributed by atoms with van der Waals surface area (Å²) >= 11 is 0. The van der Waals surface area contributed by atoms with Crippen molar-refractivity contribution in [2.45, 2.75) is 113 Å². The van der Waals surface area contributed by atoms with E-state index in [1.165, 1.54) is 5.57 Å². The van der Waals surface area contributed by atoms with E-state index in [2.05, 4.69) is 55.0 Å². The smallest absolute Gasteiger partial charge is 0.309 e. The highest BCUT2D eigenvalue weighted by Gasteiger charge is 2.75. The Kier molecular flexibility index (Phi) is 7.23. The van der Waals surface area contributed by atoms with Gasteiger partial charge in [-0.3, -0.25) is 9.59 Å². The van der Waals surface area contributed by atoms with Crippen molar-refractivity contribution in [3.05, 3.63) is 48.1 Å². The molecule has 0 spiro atoms. The minimum absolute atomic E-state index is 0.00316. The van der Waals surface area contributed by atoms with E-state index < -0.39 is 11.4 Å². The van der Waals surface area contributed by atoms with E-state index >= 15 is 0 Å². The lowest BCUT2D eigenvalue weighted by Crippen LogP contribution is -2.70. The predicted molar refractivity (Wildman–Crippen MR) is 177 cm³/mol. The zero-order valence-corrected chi connectivity index (χ0v) is 28.3. The molecule has 0 bridgehead atoms. The molecule has 1 aromatic carbocycles. The Hall–Kier alpha value is -2.36. The van der Waals surface area contributed by atoms with Gasteiger partial charge in [-0.05, 0) is 146 Å². The van der Waals surface area contributed by atoms with Crippen molar-refractivity contribution in [1.29, 1.82) is 0 Å². The van der Waals surface area contributed by atoms with Gasteiger partial charge in [-0.15, -0.1) is 0 Å². The summed E-state index contributed by atoms with van der Waals surface area (Å²) < 4.78 is 0. The van der Waals surface area contributed by atoms with Gasteiger partial charge >= 0.3 is 5.97 Å². The number of hydrogen-bond acceptors (Lipinski definition) is 3. The van der Waals surface area contributed by atoms with Gasteiger partial charge in [0.25, 0.3) is 0 Å². The molecule has 2 N–H and O–H groups in total. The number of fused-ring (bicyclic) bond motifs is 7. The summed E-state index contributed by atoms with van der Waals surface area (Å²) in [5.74, 6) is 1.38. The highest BCUT2D eigenvalue weighted by molar-refractivity contribution is 5.96. The number of benzene rings is 1. The monoisotopic (exact) mass is 600 g/mol. The Morgan fingerprint density at radius 3 is 2.09 bits per heavy atom. The van der Waals surface area contributed by atoms with Crippen LogP contribution in [0.4, 0.5) is 0 Å². The number of aromatic hydroxyl groups is 1. The summed E-state index contributed by atoms with van der Waals surface area (Å²) in [5, 5.41) is 20.4. The van der Waals surface area contributed by atoms with Gasteiger partial charge in [-0.1, -0.05) is 71.9 Å². The van der Waals surface area contributed by atoms with Gasteiger partial charge in [0.2, 0.25) is 0 Å². The molecule has 6 rings (SSSR count). The van der Waals surface area contributed by atoms with Gasteiger partial charge in [-0.25, -0.2) is 0 Å². The van der Waals surface area contributed by atoms with E-state index in [1.807, 2.05) is 18.2 Å². The Labute approximate surface area is 265 Å². The number of carboxylic acid groups (broad SMARTS) is 1. The summed E-state index contributed by atoms with van der Waals surface area (Å²) in [5.41, 5.74) is 1.69. The van der Waals surface area contributed by atoms with Crippen molar-refractivity contribution >= 4 is 17.8 Å². The first-order valence-corrected chi connectivity index (χ1v) is 17.4. The topological polar surface area (TPSA) is 74.6 Å². The second kappa shape index (κ2) is 10.1. The van der Waals surface area contributed by atoms with E-state index in [0.29, 0.717) is 11.8 Å². The molecule has 1 aromatic rings. The third kappa shape index (κ3) is 4.00. The minimum Gasteiger partial charge on any atom is -0.508 e. The van der Waals surface area contributed by atoms with Crippen LogP contribution in [0.5, 0.6) is 5.75 Å². The molecule has 5 saturated carbocycles. The lowest BCUT2D eigenvalue weighted by Gasteiger charge is -2.76. The van der Waals surface area contributed by atoms with Crippen molar-refractivity contribution in [2.24, 2.45) is 62.1 Å². The number of phenols is 1. The molecule has 44 heavy (non-hydrogen) atoms. The average Bonchev–Trinajstić information content (AvgIpc) is 3.36. The Morgan fingerprint density at radius 1 is 0.818 bits per heavy atom. The second-order valence-electron chi connectivity index (χ2n) is 17.5. The van der Waals surface area contributed by atoms with Crippen LogP contribution in [-0.2, 0) is 9.59 Å². The summed E-state index contributed by atoms with van der Waals surface area (Å²) in [6, 6.07) is 7.01. The van der Waals surface area contributed by atoms with E-state index in [4.69, 9.17) is 0 Å². The number of hydrogen-bond donors (Lipinski definition) is 2. The molecule has 0 aliphatic heterocycles. The highest BCUT2D eigenvalue weighted by Crippen LogP contribution is 2.81. The van der Waals surface area contributed by atoms with Gasteiger partial charge in [0.1, 0.15) is 5.75 Å². The van der Waals surface area contributed by atoms with Gasteiger partial charge in [0.05, 0.1) is 5.41 Å². The highest BCUT2D eigenvalue weighted by atomic mass is 16.4. The van der Waals surface area contributed by atoms with Crippen LogP contribution < -0.4 is 0 Å². The van der Waals surface area contributed by atoms with Gasteiger partial charge in [0.15, 0.2) is 5.78 Å². The number of carboxylic acids is 1. The molecule has 240 valence electrons. The summed E-state index contributed by atoms with van der Waals surface area (Å²) in [7, 11) is 0. The van der Waals surface area contributed by atoms with Crippen LogP contribution >= 0.6 is 0 Å². The fraction of sp³-hybridized carbons (Fsp3) is 0.700. The fourth-order valence-electron chi connectivity index (χ4n) is 13.5. The van der Waals surface area contributed by atoms with Crippen LogP contribution in [-0.4, -0.2) is 22.0 Å². The summed E-state index contributed by atoms with van der Waals surface area (Å²) in [6.45, 7) is 21.5. The molecule has 0 aromatic heterocycles. The van der Waals surface area contributed by atoms with E-state index in [1.54, 1.807) is 18.2 Å². The maximum Gasteiger partial charge on any atom is 0.309 e. The largest absolute Gasteiger partial charge is 0.508 e. The molecular formula is C40H56O4. The molecule has 10 atom stereocenters. The molecule has 0 radical (unpaired) electrons. The van der Waals surface area contributed by atoms with E-state index in [9.17, 15) is 19.8 Å². The van der Waals surface area contributed by atoms with Crippen LogP contribution in [0.15, 0.2) is 42.5 Å². The van der Waals surface area contributed by atoms with Crippen LogP contribution in [0.2, 0.25) is 0 Å². The summed E-state index contributed by atoms with van der Waals surface area (Å²) in [4.78, 5) is 26.8. The zero-order valence-electron chi connectivity index (χ0n) is 28.3. The van der Waals surface area contributed by atoms with Crippen LogP contribution in [0, 0.1) is 62.1 Å². The first-order chi connectivity index (χ1) is 20.5. The molecule has 5 fully saturated rings. The molecule has 4 nitrogen and oxygen atoms in total. The summed E-state index contributed by atoms with van der Waals surface area (Å²) in [6.07, 6.45) is 13.7. The maximum absolute atomic E-state index is 13.7. The van der Waals surface area contributed by atoms with Crippen LogP contribution in [0.25, 0.3) is 6.08 Å². The number of rotatable bonds is 5. The molecule has 0 saturated heterocycles. The van der Waals surface area contributed by atoms with Crippen LogP contribution in [0.3, 0.4) is 0 Å². The number of carbonyl (C=O) groups is 2. The van der Waals surface area contributed by atoms with Gasteiger partial charge < -0.3 is 10.2 Å². The van der Waals surface area contributed by atoms with Crippen LogP contribution in [0.1, 0.15) is 118 Å². The number of allylic oxidation sites excluding steroid dienone is 2. The molecule has 10 unspecified atom stereocenters. The fourth-order valence-corrected chi connectivity index (χ4v) is 13.5. The second-order valence-corrected chi connectivity index (χ2v) is 17.5. The molecule has 0 heterocycles. The Morgan fingerprint density at radius 2 is 1.45 bits per heavy atom. The quantitative estimate of drug-likeness (QED) is 0.261. The molecule has 5 aliphatic rings. The first kappa shape index (κ1) is 31.6. The molecule has 4 heteroatoms. The molecule has 5 aliphatic carbocycles. The maximum atomic E-state index is 13.7. The molecular weight excluding hydrogens is 544 g/mol. The third-order valence-electron chi connectivity index (χ3n) is 15.9. The van der Waals surface area contributed by atoms with Crippen molar-refractivity contribution in [1.82, 2.24) is 0 Å². The molecule has 0 amide bonds. The first-order valence-electron chi connectivity index (χ1n) is 17.4. The van der Waals surface area contributed by atoms with Crippen molar-refractivity contribution in [3.63, 3.8) is 0 Å². The Bertz CT molecular complexity index is 1390. The van der Waals surface area contributed by atoms with Gasteiger partial charge in [0, 0.05) is 5.92 Å². The number of phenolic OH excluding ortho intramolecular Hbond substituents is 1. The lowest BCUT2D eigenvalue weighted by atomic mass is 9.28. The Balaban J connectivity index is 1.31. The SMILES string of the molecule is C=C(C)C1CCC2(C(=O)O)CCC3(C)C(C)(CCC4C5(C)CCC(C(=O)C=Cc6ccc(O)cc6)C(C)(C)C5CCC43C)C12. The van der Waals surface area contributed by atoms with Crippen molar-refractivity contribution in [3.8, 4) is 5.75 Å². The lowest BCUT2D eigenvalue weighted by molar-refractivity contribution is -0.273. The zero-order chi connectivity index (χ0) is 32.1. The number of ketones is 1. The van der Waals surface area contributed by atoms with Crippen molar-refractivity contribution < 1.29 is 19.8 Å². The van der Waals surface area contributed by atoms with Crippen molar-refractivity contribution in [2.75, 3.05) is 0 Å². The van der Waals surface area contributed by atoms with E-state index in [0.717, 1.165) is 69.8 Å². The minimum atomic E-state index is -0.615. The normalized spacial score (nSPS) is 45.9. The number of carbonyl (C=O) groups excluding carboxylic acids is 1. The predicted octanol–water partition coefficient (Wildman–Crippen LogP) is 9.72. The number of aliphatic carboxylic acids is 1. The standard InChI is InChI=1S/C40H56O4/c1-25(2)28-15-22-40(34(43)44)24-23-39(8)37(6)20-17-31-35(3,4)29(30(42)14-11-26-9-12-27(41)13-10-26)16-19-36(31,5)32(37)18-21-38(39,7)33(28)40/h9-14,28-29,31-33,41H,1,15-24H2,2-8H3,(H,43,44).